The van der Waals surface area contributed by atoms with Crippen LogP contribution in [0.4, 0.5) is 4.79 Å². The third kappa shape index (κ3) is 5.12. The summed E-state index contributed by atoms with van der Waals surface area (Å²) in [6.07, 6.45) is 14.6. The highest BCUT2D eigenvalue weighted by Crippen LogP contribution is 2.48. The van der Waals surface area contributed by atoms with Gasteiger partial charge in [-0.15, -0.1) is 0 Å². The first-order valence-electron chi connectivity index (χ1n) is 10.6. The lowest BCUT2D eigenvalue weighted by Crippen LogP contribution is -2.42. The van der Waals surface area contributed by atoms with E-state index in [9.17, 15) is 4.79 Å². The Morgan fingerprint density at radius 3 is 2.40 bits per heavy atom. The monoisotopic (exact) mass is 350 g/mol. The van der Waals surface area contributed by atoms with E-state index in [2.05, 4.69) is 5.32 Å². The quantitative estimate of drug-likeness (QED) is 0.786. The van der Waals surface area contributed by atoms with Crippen LogP contribution >= 0.6 is 0 Å². The van der Waals surface area contributed by atoms with Gasteiger partial charge in [0.15, 0.2) is 0 Å². The molecule has 0 aromatic carbocycles. The Labute approximate surface area is 154 Å². The molecule has 2 aliphatic carbocycles. The topological polar surface area (TPSA) is 41.6 Å². The molecule has 1 N–H and O–H groups in total. The third-order valence-corrected chi connectivity index (χ3v) is 6.63. The Balaban J connectivity index is 1.37. The molecule has 1 saturated heterocycles. The normalized spacial score (nSPS) is 27.2. The Morgan fingerprint density at radius 2 is 1.76 bits per heavy atom. The number of rotatable bonds is 4. The van der Waals surface area contributed by atoms with Crippen LogP contribution < -0.4 is 5.32 Å². The van der Waals surface area contributed by atoms with E-state index in [4.69, 9.17) is 4.74 Å². The highest BCUT2D eigenvalue weighted by Gasteiger charge is 2.37. The Bertz CT molecular complexity index is 441. The van der Waals surface area contributed by atoms with Crippen molar-refractivity contribution in [2.45, 2.75) is 109 Å². The van der Waals surface area contributed by atoms with Crippen molar-refractivity contribution in [3.05, 3.63) is 0 Å². The zero-order valence-corrected chi connectivity index (χ0v) is 16.6. The molecule has 1 spiro atoms. The SMILES string of the molecule is CC(C)(C)OC(=O)N1CCCC1CCNC1CCC2(CCCC2)CC1. The second-order valence-electron chi connectivity index (χ2n) is 9.69. The van der Waals surface area contributed by atoms with Gasteiger partial charge in [-0.3, -0.25) is 0 Å². The van der Waals surface area contributed by atoms with E-state index < -0.39 is 5.60 Å². The van der Waals surface area contributed by atoms with Gasteiger partial charge < -0.3 is 15.0 Å². The number of likely N-dealkylation sites (tertiary alicyclic amines) is 1. The fraction of sp³-hybridized carbons (Fsp3) is 0.952. The second kappa shape index (κ2) is 7.85. The van der Waals surface area contributed by atoms with Crippen LogP contribution in [0.3, 0.4) is 0 Å². The van der Waals surface area contributed by atoms with Gasteiger partial charge >= 0.3 is 6.09 Å². The van der Waals surface area contributed by atoms with Crippen LogP contribution in [0.2, 0.25) is 0 Å². The number of hydrogen-bond donors (Lipinski definition) is 1. The third-order valence-electron chi connectivity index (χ3n) is 6.63. The van der Waals surface area contributed by atoms with E-state index in [1.807, 2.05) is 25.7 Å². The van der Waals surface area contributed by atoms with E-state index in [-0.39, 0.29) is 6.09 Å². The van der Waals surface area contributed by atoms with Crippen LogP contribution in [0, 0.1) is 5.41 Å². The van der Waals surface area contributed by atoms with Gasteiger partial charge in [-0.05, 0) is 90.5 Å². The summed E-state index contributed by atoms with van der Waals surface area (Å²) in [5, 5.41) is 3.78. The first-order valence-corrected chi connectivity index (χ1v) is 10.6. The first-order chi connectivity index (χ1) is 11.9. The minimum absolute atomic E-state index is 0.129. The number of ether oxygens (including phenoxy) is 1. The molecule has 1 amide bonds. The highest BCUT2D eigenvalue weighted by molar-refractivity contribution is 5.68. The lowest BCUT2D eigenvalue weighted by atomic mass is 9.71. The van der Waals surface area contributed by atoms with E-state index >= 15 is 0 Å². The molecule has 25 heavy (non-hydrogen) atoms. The summed E-state index contributed by atoms with van der Waals surface area (Å²) in [6, 6.07) is 1.05. The Morgan fingerprint density at radius 1 is 1.08 bits per heavy atom. The van der Waals surface area contributed by atoms with E-state index in [0.717, 1.165) is 37.8 Å². The van der Waals surface area contributed by atoms with Gasteiger partial charge in [0.2, 0.25) is 0 Å². The van der Waals surface area contributed by atoms with Crippen molar-refractivity contribution in [1.29, 1.82) is 0 Å². The largest absolute Gasteiger partial charge is 0.444 e. The van der Waals surface area contributed by atoms with Crippen molar-refractivity contribution >= 4 is 6.09 Å². The minimum Gasteiger partial charge on any atom is -0.444 e. The summed E-state index contributed by atoms with van der Waals surface area (Å²) in [7, 11) is 0. The molecule has 3 rings (SSSR count). The fourth-order valence-electron chi connectivity index (χ4n) is 5.21. The fourth-order valence-corrected chi connectivity index (χ4v) is 5.21. The molecule has 1 atom stereocenters. The maximum Gasteiger partial charge on any atom is 0.410 e. The Hall–Kier alpha value is -0.770. The predicted octanol–water partition coefficient (Wildman–Crippen LogP) is 4.87. The van der Waals surface area contributed by atoms with E-state index in [1.165, 1.54) is 51.4 Å². The van der Waals surface area contributed by atoms with Gasteiger partial charge in [0.1, 0.15) is 5.60 Å². The van der Waals surface area contributed by atoms with Crippen LogP contribution in [-0.2, 0) is 4.74 Å². The maximum atomic E-state index is 12.4. The molecule has 3 aliphatic rings. The number of carbonyl (C=O) groups excluding carboxylic acids is 1. The molecule has 2 saturated carbocycles. The molecule has 0 aromatic heterocycles. The van der Waals surface area contributed by atoms with Crippen molar-refractivity contribution in [3.63, 3.8) is 0 Å². The summed E-state index contributed by atoms with van der Waals surface area (Å²) in [6.45, 7) is 7.71. The first kappa shape index (κ1) is 19.0. The zero-order chi connectivity index (χ0) is 17.9. The highest BCUT2D eigenvalue weighted by atomic mass is 16.6. The summed E-state index contributed by atoms with van der Waals surface area (Å²) < 4.78 is 5.57. The predicted molar refractivity (Wildman–Crippen MR) is 102 cm³/mol. The summed E-state index contributed by atoms with van der Waals surface area (Å²) in [5.74, 6) is 0. The van der Waals surface area contributed by atoms with Gasteiger partial charge in [0.25, 0.3) is 0 Å². The molecule has 0 aromatic rings. The standard InChI is InChI=1S/C21H38N2O2/c1-20(2,3)25-19(24)23-16-6-7-18(23)10-15-22-17-8-13-21(14-9-17)11-4-5-12-21/h17-18,22H,4-16H2,1-3H3. The van der Waals surface area contributed by atoms with Crippen molar-refractivity contribution in [3.8, 4) is 0 Å². The Kier molecular flexibility index (Phi) is 5.97. The van der Waals surface area contributed by atoms with Gasteiger partial charge in [-0.1, -0.05) is 12.8 Å². The molecule has 1 aliphatic heterocycles. The van der Waals surface area contributed by atoms with Crippen molar-refractivity contribution < 1.29 is 9.53 Å². The molecule has 4 heteroatoms. The molecule has 0 bridgehead atoms. The second-order valence-corrected chi connectivity index (χ2v) is 9.69. The minimum atomic E-state index is -0.402. The summed E-state index contributed by atoms with van der Waals surface area (Å²) in [5.41, 5.74) is 0.317. The number of hydrogen-bond acceptors (Lipinski definition) is 3. The smallest absolute Gasteiger partial charge is 0.410 e. The van der Waals surface area contributed by atoms with Crippen molar-refractivity contribution in [1.82, 2.24) is 10.2 Å². The molecule has 1 heterocycles. The lowest BCUT2D eigenvalue weighted by Gasteiger charge is -2.38. The van der Waals surface area contributed by atoms with Gasteiger partial charge in [0.05, 0.1) is 0 Å². The number of nitrogens with one attached hydrogen (secondary N) is 1. The zero-order valence-electron chi connectivity index (χ0n) is 16.6. The average Bonchev–Trinajstić information content (AvgIpc) is 3.18. The number of nitrogens with zero attached hydrogens (tertiary/aromatic N) is 1. The molecular weight excluding hydrogens is 312 g/mol. The maximum absolute atomic E-state index is 12.4. The van der Waals surface area contributed by atoms with Gasteiger partial charge in [0, 0.05) is 18.6 Å². The molecule has 0 radical (unpaired) electrons. The number of amides is 1. The van der Waals surface area contributed by atoms with Crippen LogP contribution in [0.25, 0.3) is 0 Å². The number of carbonyl (C=O) groups is 1. The molecule has 3 fully saturated rings. The molecule has 4 nitrogen and oxygen atoms in total. The van der Waals surface area contributed by atoms with E-state index in [0.29, 0.717) is 12.1 Å². The van der Waals surface area contributed by atoms with Crippen LogP contribution in [0.15, 0.2) is 0 Å². The molecule has 1 unspecified atom stereocenters. The average molecular weight is 351 g/mol. The van der Waals surface area contributed by atoms with Crippen LogP contribution in [0.1, 0.15) is 91.4 Å². The van der Waals surface area contributed by atoms with E-state index in [1.54, 1.807) is 0 Å². The van der Waals surface area contributed by atoms with Crippen molar-refractivity contribution in [2.24, 2.45) is 5.41 Å². The van der Waals surface area contributed by atoms with Gasteiger partial charge in [-0.25, -0.2) is 4.79 Å². The van der Waals surface area contributed by atoms with Crippen LogP contribution in [0.5, 0.6) is 0 Å². The molecule has 144 valence electrons. The van der Waals surface area contributed by atoms with Crippen LogP contribution in [-0.4, -0.2) is 41.8 Å². The molecular formula is C21H38N2O2. The van der Waals surface area contributed by atoms with Gasteiger partial charge in [-0.2, -0.15) is 0 Å². The summed E-state index contributed by atoms with van der Waals surface area (Å²) >= 11 is 0. The summed E-state index contributed by atoms with van der Waals surface area (Å²) in [4.78, 5) is 14.3. The lowest BCUT2D eigenvalue weighted by molar-refractivity contribution is 0.0219. The van der Waals surface area contributed by atoms with Crippen molar-refractivity contribution in [2.75, 3.05) is 13.1 Å².